The molecule has 0 aromatic rings. The van der Waals surface area contributed by atoms with E-state index in [9.17, 15) is 0 Å². The Hall–Kier alpha value is -0.0400. The van der Waals surface area contributed by atoms with Crippen molar-refractivity contribution in [2.24, 2.45) is 5.92 Å². The molecule has 0 aromatic carbocycles. The summed E-state index contributed by atoms with van der Waals surface area (Å²) in [5.74, 6) is 1.09. The van der Waals surface area contributed by atoms with Gasteiger partial charge in [0.05, 0.1) is 0 Å². The summed E-state index contributed by atoms with van der Waals surface area (Å²) in [6, 6.07) is 0. The molecule has 1 nitrogen and oxygen atoms in total. The summed E-state index contributed by atoms with van der Waals surface area (Å²) < 4.78 is 0. The van der Waals surface area contributed by atoms with Gasteiger partial charge in [-0.2, -0.15) is 0 Å². The maximum atomic E-state index is 3.46. The summed E-state index contributed by atoms with van der Waals surface area (Å²) in [6.45, 7) is 4.66. The first-order chi connectivity index (χ1) is 6.43. The van der Waals surface area contributed by atoms with Crippen LogP contribution in [-0.2, 0) is 0 Å². The van der Waals surface area contributed by atoms with Crippen molar-refractivity contribution in [1.82, 2.24) is 5.32 Å². The van der Waals surface area contributed by atoms with Gasteiger partial charge in [0, 0.05) is 0 Å². The van der Waals surface area contributed by atoms with Crippen LogP contribution in [-0.4, -0.2) is 13.1 Å². The molecule has 0 heterocycles. The lowest BCUT2D eigenvalue weighted by Gasteiger charge is -2.08. The highest BCUT2D eigenvalue weighted by atomic mass is 14.8. The van der Waals surface area contributed by atoms with Crippen molar-refractivity contribution in [3.05, 3.63) is 0 Å². The van der Waals surface area contributed by atoms with Gasteiger partial charge in [-0.05, 0) is 31.8 Å². The maximum absolute atomic E-state index is 3.46. The molecule has 0 radical (unpaired) electrons. The molecule has 1 saturated carbocycles. The van der Waals surface area contributed by atoms with E-state index in [4.69, 9.17) is 0 Å². The van der Waals surface area contributed by atoms with Crippen molar-refractivity contribution in [3.8, 4) is 0 Å². The van der Waals surface area contributed by atoms with Crippen molar-refractivity contribution in [1.29, 1.82) is 0 Å². The first-order valence-electron chi connectivity index (χ1n) is 6.14. The first-order valence-corrected chi connectivity index (χ1v) is 6.14. The van der Waals surface area contributed by atoms with Crippen LogP contribution in [0.25, 0.3) is 0 Å². The van der Waals surface area contributed by atoms with Gasteiger partial charge in [0.15, 0.2) is 0 Å². The normalized spacial score (nSPS) is 18.2. The minimum atomic E-state index is 1.09. The van der Waals surface area contributed by atoms with Gasteiger partial charge in [-0.3, -0.25) is 0 Å². The summed E-state index contributed by atoms with van der Waals surface area (Å²) >= 11 is 0. The standard InChI is InChI=1S/C12H25N/c1-2-10-13-11-6-5-9-12-7-3-4-8-12/h12-13H,2-11H2,1H3. The Morgan fingerprint density at radius 3 is 2.54 bits per heavy atom. The van der Waals surface area contributed by atoms with Gasteiger partial charge in [0.1, 0.15) is 0 Å². The zero-order valence-corrected chi connectivity index (χ0v) is 9.15. The number of rotatable bonds is 7. The molecule has 0 saturated heterocycles. The number of hydrogen-bond acceptors (Lipinski definition) is 1. The summed E-state index contributed by atoms with van der Waals surface area (Å²) in [7, 11) is 0. The molecule has 1 rings (SSSR count). The summed E-state index contributed by atoms with van der Waals surface area (Å²) in [5.41, 5.74) is 0. The lowest BCUT2D eigenvalue weighted by Crippen LogP contribution is -2.15. The summed E-state index contributed by atoms with van der Waals surface area (Å²) in [4.78, 5) is 0. The van der Waals surface area contributed by atoms with Crippen LogP contribution in [0.5, 0.6) is 0 Å². The SMILES string of the molecule is CCCNCCCCC1CCCC1. The second-order valence-corrected chi connectivity index (χ2v) is 4.40. The van der Waals surface area contributed by atoms with Crippen LogP contribution in [0.3, 0.4) is 0 Å². The Morgan fingerprint density at radius 1 is 1.08 bits per heavy atom. The molecular formula is C12H25N. The van der Waals surface area contributed by atoms with E-state index in [2.05, 4.69) is 12.2 Å². The van der Waals surface area contributed by atoms with E-state index in [1.807, 2.05) is 0 Å². The van der Waals surface area contributed by atoms with Crippen LogP contribution in [0.1, 0.15) is 58.3 Å². The van der Waals surface area contributed by atoms with Crippen LogP contribution < -0.4 is 5.32 Å². The molecule has 0 aliphatic heterocycles. The van der Waals surface area contributed by atoms with Crippen LogP contribution in [0.2, 0.25) is 0 Å². The third kappa shape index (κ3) is 5.30. The van der Waals surface area contributed by atoms with Crippen molar-refractivity contribution in [2.75, 3.05) is 13.1 Å². The minimum Gasteiger partial charge on any atom is -0.317 e. The van der Waals surface area contributed by atoms with Gasteiger partial charge < -0.3 is 5.32 Å². The zero-order valence-electron chi connectivity index (χ0n) is 9.15. The van der Waals surface area contributed by atoms with Crippen molar-refractivity contribution in [3.63, 3.8) is 0 Å². The molecule has 0 atom stereocenters. The third-order valence-corrected chi connectivity index (χ3v) is 3.12. The fourth-order valence-corrected chi connectivity index (χ4v) is 2.28. The van der Waals surface area contributed by atoms with E-state index in [0.717, 1.165) is 5.92 Å². The van der Waals surface area contributed by atoms with Gasteiger partial charge in [0.25, 0.3) is 0 Å². The average Bonchev–Trinajstić information content (AvgIpc) is 2.63. The first kappa shape index (κ1) is 11.0. The highest BCUT2D eigenvalue weighted by Crippen LogP contribution is 2.28. The highest BCUT2D eigenvalue weighted by molar-refractivity contribution is 4.67. The molecule has 1 fully saturated rings. The van der Waals surface area contributed by atoms with Gasteiger partial charge in [-0.25, -0.2) is 0 Å². The van der Waals surface area contributed by atoms with E-state index in [-0.39, 0.29) is 0 Å². The zero-order chi connectivity index (χ0) is 9.36. The van der Waals surface area contributed by atoms with Crippen molar-refractivity contribution < 1.29 is 0 Å². The average molecular weight is 183 g/mol. The van der Waals surface area contributed by atoms with E-state index < -0.39 is 0 Å². The molecule has 13 heavy (non-hydrogen) atoms. The molecule has 1 aliphatic carbocycles. The molecule has 0 bridgehead atoms. The Balaban J connectivity index is 1.78. The predicted octanol–water partition coefficient (Wildman–Crippen LogP) is 3.35. The number of unbranched alkanes of at least 4 members (excludes halogenated alkanes) is 1. The van der Waals surface area contributed by atoms with Crippen LogP contribution in [0.4, 0.5) is 0 Å². The molecular weight excluding hydrogens is 158 g/mol. The van der Waals surface area contributed by atoms with E-state index in [1.165, 1.54) is 64.5 Å². The fraction of sp³-hybridized carbons (Fsp3) is 1.00. The second-order valence-electron chi connectivity index (χ2n) is 4.40. The van der Waals surface area contributed by atoms with Gasteiger partial charge in [-0.15, -0.1) is 0 Å². The topological polar surface area (TPSA) is 12.0 Å². The van der Waals surface area contributed by atoms with E-state index >= 15 is 0 Å². The summed E-state index contributed by atoms with van der Waals surface area (Å²) in [6.07, 6.45) is 11.6. The Bertz CT molecular complexity index is 106. The second kappa shape index (κ2) is 7.37. The molecule has 0 aromatic heterocycles. The molecule has 1 N–H and O–H groups in total. The smallest absolute Gasteiger partial charge is 0.00489 e. The van der Waals surface area contributed by atoms with E-state index in [1.54, 1.807) is 0 Å². The Morgan fingerprint density at radius 2 is 1.85 bits per heavy atom. The largest absolute Gasteiger partial charge is 0.317 e. The van der Waals surface area contributed by atoms with Crippen LogP contribution in [0, 0.1) is 5.92 Å². The predicted molar refractivity (Wildman–Crippen MR) is 59.0 cm³/mol. The number of nitrogens with one attached hydrogen (secondary N) is 1. The molecule has 78 valence electrons. The van der Waals surface area contributed by atoms with Gasteiger partial charge in [0.2, 0.25) is 0 Å². The van der Waals surface area contributed by atoms with Gasteiger partial charge >= 0.3 is 0 Å². The lowest BCUT2D eigenvalue weighted by molar-refractivity contribution is 0.466. The molecule has 1 aliphatic rings. The molecule has 0 unspecified atom stereocenters. The highest BCUT2D eigenvalue weighted by Gasteiger charge is 2.13. The third-order valence-electron chi connectivity index (χ3n) is 3.12. The van der Waals surface area contributed by atoms with Crippen molar-refractivity contribution in [2.45, 2.75) is 58.3 Å². The molecule has 0 spiro atoms. The van der Waals surface area contributed by atoms with Gasteiger partial charge in [-0.1, -0.05) is 45.4 Å². The minimum absolute atomic E-state index is 1.09. The number of hydrogen-bond donors (Lipinski definition) is 1. The fourth-order valence-electron chi connectivity index (χ4n) is 2.28. The molecule has 0 amide bonds. The Kier molecular flexibility index (Phi) is 6.26. The van der Waals surface area contributed by atoms with E-state index in [0.29, 0.717) is 0 Å². The van der Waals surface area contributed by atoms with Crippen LogP contribution in [0.15, 0.2) is 0 Å². The monoisotopic (exact) mass is 183 g/mol. The maximum Gasteiger partial charge on any atom is -0.00489 e. The van der Waals surface area contributed by atoms with Crippen molar-refractivity contribution >= 4 is 0 Å². The van der Waals surface area contributed by atoms with Crippen LogP contribution >= 0.6 is 0 Å². The lowest BCUT2D eigenvalue weighted by atomic mass is 10.0. The molecule has 1 heteroatoms. The Labute approximate surface area is 83.3 Å². The quantitative estimate of drug-likeness (QED) is 0.597. The summed E-state index contributed by atoms with van der Waals surface area (Å²) in [5, 5.41) is 3.46.